The third-order valence-corrected chi connectivity index (χ3v) is 9.56. The van der Waals surface area contributed by atoms with Gasteiger partial charge in [0.1, 0.15) is 23.0 Å². The smallest absolute Gasteiger partial charge is 0.126 e. The summed E-state index contributed by atoms with van der Waals surface area (Å²) in [6.45, 7) is 1.25. The molecule has 0 amide bonds. The van der Waals surface area contributed by atoms with Crippen molar-refractivity contribution in [3.63, 3.8) is 0 Å². The van der Waals surface area contributed by atoms with Crippen LogP contribution in [0.25, 0.3) is 0 Å². The highest BCUT2D eigenvalue weighted by molar-refractivity contribution is 7.99. The molecule has 5 rings (SSSR count). The molecule has 0 saturated heterocycles. The zero-order chi connectivity index (χ0) is 30.7. The lowest BCUT2D eigenvalue weighted by molar-refractivity contribution is 0.321. The molecule has 0 atom stereocenters. The fourth-order valence-corrected chi connectivity index (χ4v) is 6.69. The molecule has 1 aliphatic rings. The normalized spacial score (nSPS) is 12.6. The van der Waals surface area contributed by atoms with Crippen LogP contribution < -0.4 is 9.47 Å². The van der Waals surface area contributed by atoms with Crippen LogP contribution in [0.3, 0.4) is 0 Å². The Labute approximate surface area is 268 Å². The number of phenols is 2. The highest BCUT2D eigenvalue weighted by atomic mass is 32.2. The Balaban J connectivity index is 1.57. The molecule has 44 heavy (non-hydrogen) atoms. The number of phenolic OH excluding ortho intramolecular Hbond substituents is 2. The van der Waals surface area contributed by atoms with Gasteiger partial charge in [0, 0.05) is 48.7 Å². The van der Waals surface area contributed by atoms with E-state index >= 15 is 0 Å². The molecule has 8 heteroatoms. The van der Waals surface area contributed by atoms with Crippen LogP contribution in [0.4, 0.5) is 0 Å². The Morgan fingerprint density at radius 2 is 0.750 bits per heavy atom. The third kappa shape index (κ3) is 8.04. The van der Waals surface area contributed by atoms with E-state index in [1.807, 2.05) is 72.8 Å². The lowest BCUT2D eigenvalue weighted by Crippen LogP contribution is -2.09. The number of thioether (sulfide) groups is 2. The van der Waals surface area contributed by atoms with Gasteiger partial charge in [-0.2, -0.15) is 23.5 Å². The molecule has 0 radical (unpaired) electrons. The van der Waals surface area contributed by atoms with Crippen LogP contribution in [0.5, 0.6) is 23.0 Å². The SMILES string of the molecule is OCCSCCOc1c2cccc1Cc1cccc(c1O)Cc1cccc(c1OCCSCCO)Cc1cccc(c1O)C2. The summed E-state index contributed by atoms with van der Waals surface area (Å²) in [6, 6.07) is 24.0. The molecule has 0 aliphatic heterocycles. The number of ether oxygens (including phenoxy) is 2. The molecule has 0 aromatic heterocycles. The number of benzene rings is 4. The van der Waals surface area contributed by atoms with E-state index in [0.717, 1.165) is 67.5 Å². The van der Waals surface area contributed by atoms with Crippen LogP contribution in [0.2, 0.25) is 0 Å². The lowest BCUT2D eigenvalue weighted by Gasteiger charge is -2.20. The minimum absolute atomic E-state index is 0.138. The summed E-state index contributed by atoms with van der Waals surface area (Å²) in [5.74, 6) is 4.92. The maximum atomic E-state index is 11.5. The van der Waals surface area contributed by atoms with Crippen LogP contribution >= 0.6 is 23.5 Å². The molecule has 4 N–H and O–H groups in total. The van der Waals surface area contributed by atoms with Crippen LogP contribution in [0, 0.1) is 0 Å². The van der Waals surface area contributed by atoms with Crippen molar-refractivity contribution in [2.24, 2.45) is 0 Å². The van der Waals surface area contributed by atoms with E-state index < -0.39 is 0 Å². The fourth-order valence-electron chi connectivity index (χ4n) is 5.62. The Hall–Kier alpha value is -3.30. The van der Waals surface area contributed by atoms with Crippen molar-refractivity contribution in [3.8, 4) is 23.0 Å². The molecule has 4 aromatic rings. The van der Waals surface area contributed by atoms with E-state index in [1.165, 1.54) is 0 Å². The van der Waals surface area contributed by atoms with Crippen LogP contribution in [-0.4, -0.2) is 69.9 Å². The van der Waals surface area contributed by atoms with E-state index in [2.05, 4.69) is 0 Å². The number of hydrogen-bond acceptors (Lipinski definition) is 8. The Kier molecular flexibility index (Phi) is 11.8. The van der Waals surface area contributed by atoms with Gasteiger partial charge in [-0.3, -0.25) is 0 Å². The lowest BCUT2D eigenvalue weighted by atomic mass is 9.91. The van der Waals surface area contributed by atoms with Crippen molar-refractivity contribution < 1.29 is 29.9 Å². The number of para-hydroxylation sites is 4. The molecule has 0 spiro atoms. The largest absolute Gasteiger partial charge is 0.507 e. The topological polar surface area (TPSA) is 99.4 Å². The number of fused-ring (bicyclic) bond motifs is 8. The van der Waals surface area contributed by atoms with Crippen LogP contribution in [-0.2, 0) is 25.7 Å². The third-order valence-electron chi connectivity index (χ3n) is 7.71. The van der Waals surface area contributed by atoms with Gasteiger partial charge in [-0.25, -0.2) is 0 Å². The molecule has 4 aromatic carbocycles. The zero-order valence-corrected chi connectivity index (χ0v) is 26.5. The number of hydrogen-bond donors (Lipinski definition) is 4. The van der Waals surface area contributed by atoms with Gasteiger partial charge < -0.3 is 29.9 Å². The van der Waals surface area contributed by atoms with E-state index in [0.29, 0.717) is 50.4 Å². The Morgan fingerprint density at radius 3 is 1.05 bits per heavy atom. The maximum absolute atomic E-state index is 11.5. The molecule has 0 unspecified atom stereocenters. The summed E-state index contributed by atoms with van der Waals surface area (Å²) in [6.07, 6.45) is 1.96. The van der Waals surface area contributed by atoms with Gasteiger partial charge in [-0.1, -0.05) is 72.8 Å². The highest BCUT2D eigenvalue weighted by Gasteiger charge is 2.20. The quantitative estimate of drug-likeness (QED) is 0.125. The molecule has 0 saturated carbocycles. The van der Waals surface area contributed by atoms with Gasteiger partial charge in [0.25, 0.3) is 0 Å². The molecule has 0 heterocycles. The predicted molar refractivity (Wildman–Crippen MR) is 180 cm³/mol. The highest BCUT2D eigenvalue weighted by Crippen LogP contribution is 2.38. The molecule has 0 fully saturated rings. The number of aliphatic hydroxyl groups excluding tert-OH is 2. The number of rotatable bonds is 12. The van der Waals surface area contributed by atoms with Crippen molar-refractivity contribution in [2.75, 3.05) is 49.4 Å². The molecular weight excluding hydrogens is 593 g/mol. The first kappa shape index (κ1) is 32.1. The average molecular weight is 633 g/mol. The van der Waals surface area contributed by atoms with Gasteiger partial charge >= 0.3 is 0 Å². The number of aliphatic hydroxyl groups is 2. The summed E-state index contributed by atoms with van der Waals surface area (Å²) in [7, 11) is 0. The van der Waals surface area contributed by atoms with Crippen molar-refractivity contribution in [1.29, 1.82) is 0 Å². The van der Waals surface area contributed by atoms with Gasteiger partial charge in [-0.05, 0) is 44.5 Å². The van der Waals surface area contributed by atoms with Gasteiger partial charge in [0.2, 0.25) is 0 Å². The summed E-state index contributed by atoms with van der Waals surface area (Å²) < 4.78 is 12.8. The second kappa shape index (κ2) is 16.1. The van der Waals surface area contributed by atoms with Crippen molar-refractivity contribution >= 4 is 23.5 Å². The average Bonchev–Trinajstić information content (AvgIpc) is 3.02. The summed E-state index contributed by atoms with van der Waals surface area (Å²) in [4.78, 5) is 0. The minimum atomic E-state index is 0.138. The first-order valence-corrected chi connectivity index (χ1v) is 17.3. The van der Waals surface area contributed by atoms with Gasteiger partial charge in [0.15, 0.2) is 0 Å². The molecular formula is C36H40O6S2. The van der Waals surface area contributed by atoms with Crippen LogP contribution in [0.15, 0.2) is 72.8 Å². The first-order chi connectivity index (χ1) is 21.6. The summed E-state index contributed by atoms with van der Waals surface area (Å²) >= 11 is 3.28. The fraction of sp³-hybridized carbons (Fsp3) is 0.333. The van der Waals surface area contributed by atoms with Gasteiger partial charge in [-0.15, -0.1) is 0 Å². The molecule has 232 valence electrons. The first-order valence-electron chi connectivity index (χ1n) is 15.0. The molecule has 6 nitrogen and oxygen atoms in total. The van der Waals surface area contributed by atoms with E-state index in [4.69, 9.17) is 19.7 Å². The summed E-state index contributed by atoms with van der Waals surface area (Å²) in [5, 5.41) is 41.4. The monoisotopic (exact) mass is 632 g/mol. The standard InChI is InChI=1S/C36H40O6S2/c37-13-17-43-19-15-41-35-29-9-3-11-31(35)23-27-7-2-8-28(34(27)40)24-32-12-4-10-30(36(32)42-16-20-44-18-14-38)22-26-6-1-5-25(21-29)33(26)39/h1-12,37-40H,13-24H2. The minimum Gasteiger partial charge on any atom is -0.507 e. The van der Waals surface area contributed by atoms with Crippen molar-refractivity contribution in [3.05, 3.63) is 117 Å². The Morgan fingerprint density at radius 1 is 0.455 bits per heavy atom. The zero-order valence-electron chi connectivity index (χ0n) is 24.8. The van der Waals surface area contributed by atoms with Crippen molar-refractivity contribution in [2.45, 2.75) is 25.7 Å². The molecule has 8 bridgehead atoms. The van der Waals surface area contributed by atoms with E-state index in [-0.39, 0.29) is 24.7 Å². The summed E-state index contributed by atoms with van der Waals surface area (Å²) in [5.41, 5.74) is 7.13. The van der Waals surface area contributed by atoms with E-state index in [1.54, 1.807) is 23.5 Å². The second-order valence-electron chi connectivity index (χ2n) is 10.7. The van der Waals surface area contributed by atoms with Crippen LogP contribution in [0.1, 0.15) is 44.5 Å². The molecule has 1 aliphatic carbocycles. The Bertz CT molecular complexity index is 1340. The second-order valence-corrected chi connectivity index (χ2v) is 13.2. The maximum Gasteiger partial charge on any atom is 0.126 e. The van der Waals surface area contributed by atoms with Crippen molar-refractivity contribution in [1.82, 2.24) is 0 Å². The van der Waals surface area contributed by atoms with E-state index in [9.17, 15) is 10.2 Å². The predicted octanol–water partition coefficient (Wildman–Crippen LogP) is 5.98. The number of aromatic hydroxyl groups is 2. The van der Waals surface area contributed by atoms with Gasteiger partial charge in [0.05, 0.1) is 26.4 Å².